The van der Waals surface area contributed by atoms with E-state index in [9.17, 15) is 14.0 Å². The van der Waals surface area contributed by atoms with Crippen LogP contribution in [0.25, 0.3) is 33.1 Å². The highest BCUT2D eigenvalue weighted by atomic mass is 35.5. The summed E-state index contributed by atoms with van der Waals surface area (Å²) in [6.07, 6.45) is 8.50. The van der Waals surface area contributed by atoms with Crippen LogP contribution in [0.2, 0.25) is 5.02 Å². The van der Waals surface area contributed by atoms with Crippen LogP contribution >= 0.6 is 11.6 Å². The van der Waals surface area contributed by atoms with Crippen LogP contribution in [0.1, 0.15) is 56.9 Å². The summed E-state index contributed by atoms with van der Waals surface area (Å²) < 4.78 is 36.8. The standard InChI is InChI=1S/C34H39ClF2N8O3/c35-24-12-25-22(15-40-43-25)28(21(24)4-1-2-5-27(46)45-11-7-19-6-9-38-16-26(19)45)31-29(37)30-23(14-39-31)32(47)42-33(41-30)48-18-34-8-3-10-44(34)17-20(36)13-34/h12,14-15,19-20,26,38H,1-11,13,16-18H2,(H,40,43)(H,41,42,47)/t19?,20-,26?,34+/m1/s1. The Morgan fingerprint density at radius 1 is 1.19 bits per heavy atom. The van der Waals surface area contributed by atoms with Crippen LogP contribution in [0.15, 0.2) is 23.3 Å². The van der Waals surface area contributed by atoms with Gasteiger partial charge in [0.2, 0.25) is 5.91 Å². The van der Waals surface area contributed by atoms with Gasteiger partial charge < -0.3 is 15.0 Å². The lowest BCUT2D eigenvalue weighted by molar-refractivity contribution is -0.132. The largest absolute Gasteiger partial charge is 0.463 e. The van der Waals surface area contributed by atoms with Gasteiger partial charge in [-0.05, 0) is 75.6 Å². The molecule has 4 fully saturated rings. The molecule has 2 unspecified atom stereocenters. The predicted molar refractivity (Wildman–Crippen MR) is 177 cm³/mol. The number of alkyl halides is 1. The summed E-state index contributed by atoms with van der Waals surface area (Å²) in [4.78, 5) is 41.7. The Balaban J connectivity index is 1.05. The van der Waals surface area contributed by atoms with Crippen LogP contribution in [0.4, 0.5) is 8.78 Å². The number of carbonyl (C=O) groups excluding carboxylic acids is 1. The summed E-state index contributed by atoms with van der Waals surface area (Å²) in [6, 6.07) is 1.93. The Morgan fingerprint density at radius 3 is 2.98 bits per heavy atom. The zero-order valence-electron chi connectivity index (χ0n) is 26.7. The highest BCUT2D eigenvalue weighted by molar-refractivity contribution is 6.33. The molecule has 14 heteroatoms. The van der Waals surface area contributed by atoms with Crippen LogP contribution in [0.3, 0.4) is 0 Å². The fraction of sp³-hybridized carbons (Fsp3) is 0.559. The van der Waals surface area contributed by atoms with E-state index in [4.69, 9.17) is 16.3 Å². The van der Waals surface area contributed by atoms with Gasteiger partial charge in [-0.2, -0.15) is 10.1 Å². The first-order chi connectivity index (χ1) is 23.3. The van der Waals surface area contributed by atoms with Crippen LogP contribution in [-0.4, -0.2) is 97.9 Å². The van der Waals surface area contributed by atoms with E-state index in [1.165, 1.54) is 6.20 Å². The van der Waals surface area contributed by atoms with Crippen LogP contribution in [0.5, 0.6) is 6.01 Å². The van der Waals surface area contributed by atoms with Crippen molar-refractivity contribution < 1.29 is 18.3 Å². The number of carbonyl (C=O) groups is 1. The number of unbranched alkanes of at least 4 members (excludes halogenated alkanes) is 1. The lowest BCUT2D eigenvalue weighted by atomic mass is 9.93. The third-order valence-corrected chi connectivity index (χ3v) is 11.4. The van der Waals surface area contributed by atoms with E-state index in [0.29, 0.717) is 71.6 Å². The molecule has 11 nitrogen and oxygen atoms in total. The van der Waals surface area contributed by atoms with Gasteiger partial charge in [0.25, 0.3) is 11.6 Å². The van der Waals surface area contributed by atoms with E-state index in [0.717, 1.165) is 51.9 Å². The molecule has 1 aromatic carbocycles. The van der Waals surface area contributed by atoms with Crippen molar-refractivity contribution in [2.24, 2.45) is 5.92 Å². The van der Waals surface area contributed by atoms with Crippen molar-refractivity contribution in [3.63, 3.8) is 0 Å². The fourth-order valence-corrected chi connectivity index (χ4v) is 8.95. The summed E-state index contributed by atoms with van der Waals surface area (Å²) in [5.41, 5.74) is 0.557. The zero-order valence-corrected chi connectivity index (χ0v) is 27.4. The van der Waals surface area contributed by atoms with E-state index >= 15 is 4.39 Å². The van der Waals surface area contributed by atoms with Gasteiger partial charge >= 0.3 is 0 Å². The third kappa shape index (κ3) is 5.53. The van der Waals surface area contributed by atoms with Crippen molar-refractivity contribution in [2.45, 2.75) is 75.5 Å². The number of piperidine rings is 1. The predicted octanol–water partition coefficient (Wildman–Crippen LogP) is 4.53. The van der Waals surface area contributed by atoms with Gasteiger partial charge in [-0.15, -0.1) is 0 Å². The smallest absolute Gasteiger partial charge is 0.297 e. The maximum atomic E-state index is 16.5. The minimum absolute atomic E-state index is 0.00365. The summed E-state index contributed by atoms with van der Waals surface area (Å²) >= 11 is 6.81. The van der Waals surface area contributed by atoms with Crippen LogP contribution in [0, 0.1) is 11.7 Å². The second kappa shape index (κ2) is 12.6. The number of amides is 1. The number of pyridine rings is 1. The molecule has 4 saturated heterocycles. The molecule has 4 aromatic rings. The number of aromatic amines is 2. The molecule has 4 aliphatic heterocycles. The second-order valence-corrected chi connectivity index (χ2v) is 14.3. The number of H-pyrrole nitrogens is 2. The summed E-state index contributed by atoms with van der Waals surface area (Å²) in [5.74, 6) is -0.0131. The minimum atomic E-state index is -0.928. The average molecular weight is 681 g/mol. The van der Waals surface area contributed by atoms with Gasteiger partial charge in [0.05, 0.1) is 22.6 Å². The van der Waals surface area contributed by atoms with E-state index in [-0.39, 0.29) is 41.2 Å². The average Bonchev–Trinajstić information content (AvgIpc) is 3.86. The third-order valence-electron chi connectivity index (χ3n) is 11.1. The van der Waals surface area contributed by atoms with Gasteiger partial charge in [-0.1, -0.05) is 11.6 Å². The Kier molecular flexibility index (Phi) is 8.32. The first-order valence-electron chi connectivity index (χ1n) is 17.1. The number of nitrogens with zero attached hydrogens (tertiary/aromatic N) is 5. The molecule has 0 bridgehead atoms. The summed E-state index contributed by atoms with van der Waals surface area (Å²) in [6.45, 7) is 4.00. The van der Waals surface area contributed by atoms with Gasteiger partial charge in [0.15, 0.2) is 5.82 Å². The van der Waals surface area contributed by atoms with E-state index in [2.05, 4.69) is 35.4 Å². The number of ether oxygens (including phenoxy) is 1. The number of benzene rings is 1. The molecule has 0 radical (unpaired) electrons. The second-order valence-electron chi connectivity index (χ2n) is 13.9. The fourth-order valence-electron chi connectivity index (χ4n) is 8.66. The van der Waals surface area contributed by atoms with Crippen LogP contribution in [-0.2, 0) is 11.2 Å². The quantitative estimate of drug-likeness (QED) is 0.220. The Hall–Kier alpha value is -3.68. The number of nitrogens with one attached hydrogen (secondary N) is 3. The molecule has 3 aromatic heterocycles. The highest BCUT2D eigenvalue weighted by Crippen LogP contribution is 2.41. The maximum Gasteiger partial charge on any atom is 0.297 e. The number of fused-ring (bicyclic) bond motifs is 4. The number of likely N-dealkylation sites (tertiary alicyclic amines) is 1. The molecule has 0 spiro atoms. The summed E-state index contributed by atoms with van der Waals surface area (Å²) in [5, 5.41) is 11.5. The number of rotatable bonds is 9. The van der Waals surface area contributed by atoms with Gasteiger partial charge in [-0.25, -0.2) is 8.78 Å². The Labute approximate surface area is 280 Å². The molecular weight excluding hydrogens is 642 g/mol. The molecule has 0 aliphatic carbocycles. The van der Waals surface area contributed by atoms with E-state index in [1.54, 1.807) is 12.3 Å². The van der Waals surface area contributed by atoms with Gasteiger partial charge in [-0.3, -0.25) is 29.6 Å². The topological polar surface area (TPSA) is 132 Å². The molecule has 254 valence electrons. The molecule has 8 rings (SSSR count). The number of aromatic nitrogens is 5. The number of hydrogen-bond acceptors (Lipinski definition) is 8. The molecule has 4 atom stereocenters. The minimum Gasteiger partial charge on any atom is -0.463 e. The van der Waals surface area contributed by atoms with Crippen molar-refractivity contribution >= 4 is 39.3 Å². The summed E-state index contributed by atoms with van der Waals surface area (Å²) in [7, 11) is 0. The first-order valence-corrected chi connectivity index (χ1v) is 17.4. The molecule has 1 amide bonds. The molecule has 0 saturated carbocycles. The van der Waals surface area contributed by atoms with Crippen molar-refractivity contribution in [3.8, 4) is 17.3 Å². The Bertz CT molecular complexity index is 1940. The van der Waals surface area contributed by atoms with Gasteiger partial charge in [0, 0.05) is 60.7 Å². The molecular formula is C34H39ClF2N8O3. The highest BCUT2D eigenvalue weighted by Gasteiger charge is 2.49. The van der Waals surface area contributed by atoms with Crippen molar-refractivity contribution in [2.75, 3.05) is 39.3 Å². The molecule has 48 heavy (non-hydrogen) atoms. The van der Waals surface area contributed by atoms with Crippen LogP contribution < -0.4 is 15.6 Å². The Morgan fingerprint density at radius 2 is 2.08 bits per heavy atom. The number of halogens is 3. The van der Waals surface area contributed by atoms with Crippen molar-refractivity contribution in [1.29, 1.82) is 0 Å². The maximum absolute atomic E-state index is 16.5. The van der Waals surface area contributed by atoms with E-state index in [1.807, 2.05) is 4.90 Å². The lowest BCUT2D eigenvalue weighted by Gasteiger charge is -2.32. The molecule has 7 heterocycles. The zero-order chi connectivity index (χ0) is 33.0. The molecule has 3 N–H and O–H groups in total. The van der Waals surface area contributed by atoms with E-state index < -0.39 is 23.1 Å². The molecule has 4 aliphatic rings. The normalized spacial score (nSPS) is 25.6. The first kappa shape index (κ1) is 31.6. The lowest BCUT2D eigenvalue weighted by Crippen LogP contribution is -2.47. The van der Waals surface area contributed by atoms with Gasteiger partial charge in [0.1, 0.15) is 24.0 Å². The van der Waals surface area contributed by atoms with Crippen molar-refractivity contribution in [3.05, 3.63) is 45.2 Å². The number of hydrogen-bond donors (Lipinski definition) is 3. The monoisotopic (exact) mass is 680 g/mol. The SMILES string of the molecule is O=C(CCCCc1c(Cl)cc2[nH]ncc2c1-c1ncc2c(=O)[nH]c(OC[C@@]34CCCN3C[C@H](F)C4)nc2c1F)N1CCC2CCNCC21. The van der Waals surface area contributed by atoms with Crippen molar-refractivity contribution in [1.82, 2.24) is 40.3 Å².